The zero-order valence-electron chi connectivity index (χ0n) is 19.2. The van der Waals surface area contributed by atoms with Gasteiger partial charge in [0.05, 0.1) is 12.7 Å². The quantitative estimate of drug-likeness (QED) is 0.497. The highest BCUT2D eigenvalue weighted by Gasteiger charge is 2.20. The lowest BCUT2D eigenvalue weighted by atomic mass is 10.0. The molecule has 1 amide bonds. The fourth-order valence-electron chi connectivity index (χ4n) is 3.11. The third-order valence-electron chi connectivity index (χ3n) is 4.71. The molecule has 0 radical (unpaired) electrons. The maximum Gasteiger partial charge on any atom is 0.407 e. The number of benzene rings is 2. The second-order valence-electron chi connectivity index (χ2n) is 7.90. The number of alkyl carbamates (subject to hydrolysis) is 1. The molecular formula is C25H33NO6. The van der Waals surface area contributed by atoms with Crippen LogP contribution in [0.4, 0.5) is 4.79 Å². The summed E-state index contributed by atoms with van der Waals surface area (Å²) in [5, 5.41) is 12.1. The van der Waals surface area contributed by atoms with Gasteiger partial charge in [-0.1, -0.05) is 37.3 Å². The number of hydrogen-bond donors (Lipinski definition) is 2. The molecule has 0 spiro atoms. The molecule has 0 heterocycles. The predicted octanol–water partition coefficient (Wildman–Crippen LogP) is 4.63. The molecule has 2 aromatic rings. The van der Waals surface area contributed by atoms with Gasteiger partial charge < -0.3 is 24.6 Å². The number of ether oxygens (including phenoxy) is 3. The lowest BCUT2D eigenvalue weighted by molar-refractivity contribution is -0.153. The highest BCUT2D eigenvalue weighted by Crippen LogP contribution is 2.18. The fraction of sp³-hybridized carbons (Fsp3) is 0.440. The van der Waals surface area contributed by atoms with Crippen LogP contribution in [0.25, 0.3) is 0 Å². The minimum absolute atomic E-state index is 0.165. The zero-order valence-corrected chi connectivity index (χ0v) is 19.2. The second-order valence-corrected chi connectivity index (χ2v) is 7.90. The van der Waals surface area contributed by atoms with E-state index in [2.05, 4.69) is 12.2 Å². The number of carbonyl (C=O) groups excluding carboxylic acids is 1. The molecule has 0 aliphatic heterocycles. The summed E-state index contributed by atoms with van der Waals surface area (Å²) in [5.74, 6) is -0.188. The van der Waals surface area contributed by atoms with Gasteiger partial charge in [0.1, 0.15) is 12.4 Å². The number of carbonyl (C=O) groups is 2. The van der Waals surface area contributed by atoms with Crippen LogP contribution in [0.3, 0.4) is 0 Å². The van der Waals surface area contributed by atoms with Gasteiger partial charge in [0, 0.05) is 13.0 Å². The van der Waals surface area contributed by atoms with Crippen LogP contribution < -0.4 is 10.1 Å². The van der Waals surface area contributed by atoms with E-state index in [9.17, 15) is 14.7 Å². The van der Waals surface area contributed by atoms with Crippen LogP contribution >= 0.6 is 0 Å². The van der Waals surface area contributed by atoms with Crippen molar-refractivity contribution in [2.24, 2.45) is 0 Å². The number of aliphatic carboxylic acids is 1. The molecule has 174 valence electrons. The van der Waals surface area contributed by atoms with Crippen molar-refractivity contribution < 1.29 is 28.9 Å². The molecule has 1 unspecified atom stereocenters. The van der Waals surface area contributed by atoms with Crippen molar-refractivity contribution in [1.29, 1.82) is 0 Å². The van der Waals surface area contributed by atoms with Crippen molar-refractivity contribution in [3.63, 3.8) is 0 Å². The summed E-state index contributed by atoms with van der Waals surface area (Å²) in [5.41, 5.74) is 3.58. The van der Waals surface area contributed by atoms with Gasteiger partial charge in [-0.3, -0.25) is 0 Å². The fourth-order valence-corrected chi connectivity index (χ4v) is 3.11. The van der Waals surface area contributed by atoms with Crippen molar-refractivity contribution in [3.8, 4) is 5.75 Å². The number of carboxylic acids is 1. The molecule has 2 aromatic carbocycles. The summed E-state index contributed by atoms with van der Waals surface area (Å²) >= 11 is 0. The summed E-state index contributed by atoms with van der Waals surface area (Å²) < 4.78 is 16.4. The monoisotopic (exact) mass is 443 g/mol. The number of hydrogen-bond acceptors (Lipinski definition) is 5. The highest BCUT2D eigenvalue weighted by molar-refractivity contribution is 5.72. The smallest absolute Gasteiger partial charge is 0.407 e. The Labute approximate surface area is 189 Å². The number of carboxylic acid groups (broad SMARTS) is 1. The van der Waals surface area contributed by atoms with Gasteiger partial charge in [-0.05, 0) is 61.6 Å². The van der Waals surface area contributed by atoms with Crippen LogP contribution in [0.5, 0.6) is 5.75 Å². The standard InChI is InChI=1S/C25H33NO6/c1-5-11-30-22-10-9-21(18(4)12-22)16-31-25(29)26-15-20-8-6-7-19(13-20)14-23(24(27)28)32-17(2)3/h6-10,12-13,17,23H,5,11,14-16H2,1-4H3,(H,26,29)(H,27,28). The predicted molar refractivity (Wildman–Crippen MR) is 122 cm³/mol. The average Bonchev–Trinajstić information content (AvgIpc) is 2.75. The first kappa shape index (κ1) is 25.2. The van der Waals surface area contributed by atoms with Gasteiger partial charge in [0.2, 0.25) is 0 Å². The van der Waals surface area contributed by atoms with Gasteiger partial charge in [-0.2, -0.15) is 0 Å². The van der Waals surface area contributed by atoms with Crippen molar-refractivity contribution in [2.75, 3.05) is 6.61 Å². The molecule has 32 heavy (non-hydrogen) atoms. The Kier molecular flexibility index (Phi) is 10.0. The Bertz CT molecular complexity index is 896. The summed E-state index contributed by atoms with van der Waals surface area (Å²) in [6.45, 7) is 8.72. The van der Waals surface area contributed by atoms with Crippen molar-refractivity contribution in [2.45, 2.75) is 65.9 Å². The van der Waals surface area contributed by atoms with E-state index in [0.717, 1.165) is 34.4 Å². The average molecular weight is 444 g/mol. The topological polar surface area (TPSA) is 94.1 Å². The molecule has 0 aromatic heterocycles. The van der Waals surface area contributed by atoms with Crippen LogP contribution in [-0.2, 0) is 33.8 Å². The second kappa shape index (κ2) is 12.7. The van der Waals surface area contributed by atoms with Gasteiger partial charge in [0.25, 0.3) is 0 Å². The van der Waals surface area contributed by atoms with Crippen LogP contribution in [0.2, 0.25) is 0 Å². The zero-order chi connectivity index (χ0) is 23.5. The van der Waals surface area contributed by atoms with Crippen molar-refractivity contribution in [1.82, 2.24) is 5.32 Å². The molecular weight excluding hydrogens is 410 g/mol. The van der Waals surface area contributed by atoms with Crippen molar-refractivity contribution in [3.05, 3.63) is 64.7 Å². The Morgan fingerprint density at radius 2 is 1.84 bits per heavy atom. The number of aryl methyl sites for hydroxylation is 1. The first-order chi connectivity index (χ1) is 15.3. The first-order valence-electron chi connectivity index (χ1n) is 10.9. The Morgan fingerprint density at radius 1 is 1.09 bits per heavy atom. The van der Waals surface area contributed by atoms with E-state index < -0.39 is 18.2 Å². The van der Waals surface area contributed by atoms with Gasteiger partial charge >= 0.3 is 12.1 Å². The van der Waals surface area contributed by atoms with Crippen LogP contribution in [0, 0.1) is 6.92 Å². The van der Waals surface area contributed by atoms with Crippen LogP contribution in [0.1, 0.15) is 49.4 Å². The molecule has 7 heteroatoms. The number of rotatable bonds is 12. The SMILES string of the molecule is CCCOc1ccc(COC(=O)NCc2cccc(CC(OC(C)C)C(=O)O)c2)c(C)c1. The van der Waals surface area contributed by atoms with Gasteiger partial charge in [-0.15, -0.1) is 0 Å². The Hall–Kier alpha value is -3.06. The normalized spacial score (nSPS) is 11.8. The van der Waals surface area contributed by atoms with E-state index in [4.69, 9.17) is 14.2 Å². The molecule has 2 N–H and O–H groups in total. The minimum atomic E-state index is -0.994. The van der Waals surface area contributed by atoms with Crippen molar-refractivity contribution >= 4 is 12.1 Å². The molecule has 0 aliphatic carbocycles. The third kappa shape index (κ3) is 8.59. The number of nitrogens with one attached hydrogen (secondary N) is 1. The molecule has 1 atom stereocenters. The highest BCUT2D eigenvalue weighted by atomic mass is 16.5. The molecule has 0 aliphatic rings. The summed E-state index contributed by atoms with van der Waals surface area (Å²) in [7, 11) is 0. The lowest BCUT2D eigenvalue weighted by Gasteiger charge is -2.17. The Balaban J connectivity index is 1.85. The molecule has 0 fully saturated rings. The molecule has 2 rings (SSSR count). The molecule has 0 saturated carbocycles. The van der Waals surface area contributed by atoms with Crippen LogP contribution in [-0.4, -0.2) is 36.0 Å². The van der Waals surface area contributed by atoms with E-state index >= 15 is 0 Å². The van der Waals surface area contributed by atoms with E-state index in [1.165, 1.54) is 0 Å². The van der Waals surface area contributed by atoms with E-state index in [1.807, 2.05) is 49.4 Å². The molecule has 0 saturated heterocycles. The van der Waals surface area contributed by atoms with Gasteiger partial charge in [0.15, 0.2) is 6.10 Å². The van der Waals surface area contributed by atoms with E-state index in [-0.39, 0.29) is 25.7 Å². The molecule has 7 nitrogen and oxygen atoms in total. The van der Waals surface area contributed by atoms with E-state index in [1.54, 1.807) is 13.8 Å². The Morgan fingerprint density at radius 3 is 2.50 bits per heavy atom. The summed E-state index contributed by atoms with van der Waals surface area (Å²) in [6, 6.07) is 13.1. The molecule has 0 bridgehead atoms. The van der Waals surface area contributed by atoms with E-state index in [0.29, 0.717) is 6.61 Å². The third-order valence-corrected chi connectivity index (χ3v) is 4.71. The minimum Gasteiger partial charge on any atom is -0.494 e. The number of amides is 1. The maximum atomic E-state index is 12.1. The van der Waals surface area contributed by atoms with Crippen LogP contribution in [0.15, 0.2) is 42.5 Å². The lowest BCUT2D eigenvalue weighted by Crippen LogP contribution is -2.29. The first-order valence-corrected chi connectivity index (χ1v) is 10.9. The summed E-state index contributed by atoms with van der Waals surface area (Å²) in [4.78, 5) is 23.5. The summed E-state index contributed by atoms with van der Waals surface area (Å²) in [6.07, 6.45) is -0.417. The largest absolute Gasteiger partial charge is 0.494 e. The van der Waals surface area contributed by atoms with Gasteiger partial charge in [-0.25, -0.2) is 9.59 Å². The maximum absolute atomic E-state index is 12.1.